The number of imidazole rings is 1. The maximum atomic E-state index is 12.6. The molecule has 0 aliphatic heterocycles. The molecule has 7 nitrogen and oxygen atoms in total. The summed E-state index contributed by atoms with van der Waals surface area (Å²) in [5.74, 6) is -1.18. The third-order valence-corrected chi connectivity index (χ3v) is 5.43. The number of rotatable bonds is 5. The second-order valence-corrected chi connectivity index (χ2v) is 7.31. The summed E-state index contributed by atoms with van der Waals surface area (Å²) in [6.45, 7) is 0. The molecular formula is C15H17N3O4S. The standard InChI is InChI=1S/C15H17N3O4S/c19-15(20)11-7-13(18-6-5-16-10-18)9-14(8-11)23(21,22)17-12-3-1-2-4-12/h5-10,12,17H,1-4H2,(H,19,20). The van der Waals surface area contributed by atoms with Crippen molar-refractivity contribution in [2.45, 2.75) is 36.6 Å². The van der Waals surface area contributed by atoms with Gasteiger partial charge in [-0.15, -0.1) is 0 Å². The van der Waals surface area contributed by atoms with Crippen molar-refractivity contribution in [3.05, 3.63) is 42.5 Å². The molecule has 0 radical (unpaired) electrons. The second-order valence-electron chi connectivity index (χ2n) is 5.59. The van der Waals surface area contributed by atoms with E-state index in [1.807, 2.05) is 0 Å². The van der Waals surface area contributed by atoms with Gasteiger partial charge in [-0.25, -0.2) is 22.9 Å². The van der Waals surface area contributed by atoms with Crippen molar-refractivity contribution in [2.75, 3.05) is 0 Å². The lowest BCUT2D eigenvalue weighted by atomic mass is 10.2. The lowest BCUT2D eigenvalue weighted by Crippen LogP contribution is -2.32. The van der Waals surface area contributed by atoms with Crippen molar-refractivity contribution in [1.82, 2.24) is 14.3 Å². The maximum absolute atomic E-state index is 12.6. The van der Waals surface area contributed by atoms with Crippen molar-refractivity contribution >= 4 is 16.0 Å². The highest BCUT2D eigenvalue weighted by Crippen LogP contribution is 2.23. The Morgan fingerprint density at radius 3 is 2.61 bits per heavy atom. The van der Waals surface area contributed by atoms with Gasteiger partial charge in [-0.1, -0.05) is 12.8 Å². The summed E-state index contributed by atoms with van der Waals surface area (Å²) in [5.41, 5.74) is 0.359. The van der Waals surface area contributed by atoms with Crippen LogP contribution in [0.5, 0.6) is 0 Å². The molecule has 0 unspecified atom stereocenters. The molecule has 0 saturated heterocycles. The molecule has 1 aromatic heterocycles. The van der Waals surface area contributed by atoms with Gasteiger partial charge in [0.1, 0.15) is 0 Å². The van der Waals surface area contributed by atoms with Gasteiger partial charge < -0.3 is 9.67 Å². The van der Waals surface area contributed by atoms with Gasteiger partial charge in [-0.2, -0.15) is 0 Å². The van der Waals surface area contributed by atoms with Gasteiger partial charge in [-0.05, 0) is 31.0 Å². The second kappa shape index (κ2) is 6.13. The monoisotopic (exact) mass is 335 g/mol. The third-order valence-electron chi connectivity index (χ3n) is 3.93. The summed E-state index contributed by atoms with van der Waals surface area (Å²) in [7, 11) is -3.76. The quantitative estimate of drug-likeness (QED) is 0.867. The topological polar surface area (TPSA) is 101 Å². The molecule has 8 heteroatoms. The Kier molecular flexibility index (Phi) is 4.18. The van der Waals surface area contributed by atoms with Crippen molar-refractivity contribution < 1.29 is 18.3 Å². The molecule has 3 rings (SSSR count). The van der Waals surface area contributed by atoms with Crippen LogP contribution in [-0.2, 0) is 10.0 Å². The average Bonchev–Trinajstić information content (AvgIpc) is 3.19. The molecular weight excluding hydrogens is 318 g/mol. The molecule has 0 spiro atoms. The van der Waals surface area contributed by atoms with Gasteiger partial charge in [0.25, 0.3) is 0 Å². The number of carboxylic acid groups (broad SMARTS) is 1. The Hall–Kier alpha value is -2.19. The summed E-state index contributed by atoms with van der Waals surface area (Å²) in [6, 6.07) is 3.97. The predicted molar refractivity (Wildman–Crippen MR) is 83.1 cm³/mol. The highest BCUT2D eigenvalue weighted by molar-refractivity contribution is 7.89. The van der Waals surface area contributed by atoms with Crippen LogP contribution in [0, 0.1) is 0 Å². The molecule has 122 valence electrons. The van der Waals surface area contributed by atoms with Crippen LogP contribution in [0.4, 0.5) is 0 Å². The van der Waals surface area contributed by atoms with E-state index in [0.717, 1.165) is 25.7 Å². The van der Waals surface area contributed by atoms with E-state index >= 15 is 0 Å². The van der Waals surface area contributed by atoms with Gasteiger partial charge in [0.05, 0.1) is 16.8 Å². The van der Waals surface area contributed by atoms with Crippen LogP contribution in [0.1, 0.15) is 36.0 Å². The summed E-state index contributed by atoms with van der Waals surface area (Å²) in [6.07, 6.45) is 8.28. The fourth-order valence-corrected chi connectivity index (χ4v) is 4.12. The Bertz CT molecular complexity index is 809. The van der Waals surface area contributed by atoms with E-state index in [-0.39, 0.29) is 16.5 Å². The number of sulfonamides is 1. The molecule has 1 aromatic carbocycles. The zero-order chi connectivity index (χ0) is 16.4. The van der Waals surface area contributed by atoms with Crippen LogP contribution in [0.3, 0.4) is 0 Å². The van der Waals surface area contributed by atoms with Crippen LogP contribution in [0.25, 0.3) is 5.69 Å². The number of hydrogen-bond donors (Lipinski definition) is 2. The number of carboxylic acids is 1. The zero-order valence-corrected chi connectivity index (χ0v) is 13.2. The fourth-order valence-electron chi connectivity index (χ4n) is 2.75. The maximum Gasteiger partial charge on any atom is 0.335 e. The Morgan fingerprint density at radius 2 is 2.00 bits per heavy atom. The molecule has 0 bridgehead atoms. The van der Waals surface area contributed by atoms with Gasteiger partial charge >= 0.3 is 5.97 Å². The van der Waals surface area contributed by atoms with E-state index in [9.17, 15) is 18.3 Å². The minimum Gasteiger partial charge on any atom is -0.478 e. The van der Waals surface area contributed by atoms with Crippen LogP contribution in [0.2, 0.25) is 0 Å². The number of benzene rings is 1. The van der Waals surface area contributed by atoms with Gasteiger partial charge in [0.15, 0.2) is 0 Å². The van der Waals surface area contributed by atoms with Gasteiger partial charge in [0.2, 0.25) is 10.0 Å². The molecule has 1 heterocycles. The van der Waals surface area contributed by atoms with Crippen LogP contribution < -0.4 is 4.72 Å². The highest BCUT2D eigenvalue weighted by atomic mass is 32.2. The molecule has 0 atom stereocenters. The molecule has 1 aliphatic carbocycles. The van der Waals surface area contributed by atoms with E-state index in [4.69, 9.17) is 0 Å². The first kappa shape index (κ1) is 15.7. The normalized spacial score (nSPS) is 15.8. The number of aromatic nitrogens is 2. The van der Waals surface area contributed by atoms with Crippen LogP contribution >= 0.6 is 0 Å². The summed E-state index contributed by atoms with van der Waals surface area (Å²) in [5, 5.41) is 9.24. The third kappa shape index (κ3) is 3.43. The lowest BCUT2D eigenvalue weighted by Gasteiger charge is -2.14. The number of nitrogens with one attached hydrogen (secondary N) is 1. The largest absolute Gasteiger partial charge is 0.478 e. The minimum atomic E-state index is -3.76. The first-order chi connectivity index (χ1) is 11.0. The Morgan fingerprint density at radius 1 is 1.26 bits per heavy atom. The Balaban J connectivity index is 2.01. The average molecular weight is 335 g/mol. The van der Waals surface area contributed by atoms with Crippen molar-refractivity contribution in [1.29, 1.82) is 0 Å². The number of carbonyl (C=O) groups is 1. The lowest BCUT2D eigenvalue weighted by molar-refractivity contribution is 0.0696. The van der Waals surface area contributed by atoms with E-state index in [2.05, 4.69) is 9.71 Å². The highest BCUT2D eigenvalue weighted by Gasteiger charge is 2.24. The van der Waals surface area contributed by atoms with Crippen LogP contribution in [-0.4, -0.2) is 35.1 Å². The predicted octanol–water partition coefficient (Wildman–Crippen LogP) is 1.79. The Labute approximate surface area is 134 Å². The first-order valence-corrected chi connectivity index (χ1v) is 8.83. The molecule has 2 N–H and O–H groups in total. The van der Waals surface area contributed by atoms with Crippen molar-refractivity contribution in [2.24, 2.45) is 0 Å². The van der Waals surface area contributed by atoms with E-state index in [1.165, 1.54) is 24.5 Å². The zero-order valence-electron chi connectivity index (χ0n) is 12.3. The molecule has 1 fully saturated rings. The fraction of sp³-hybridized carbons (Fsp3) is 0.333. The summed E-state index contributed by atoms with van der Waals surface area (Å²) < 4.78 is 29.3. The van der Waals surface area contributed by atoms with Gasteiger partial charge in [0, 0.05) is 24.1 Å². The summed E-state index contributed by atoms with van der Waals surface area (Å²) in [4.78, 5) is 15.2. The number of nitrogens with zero attached hydrogens (tertiary/aromatic N) is 2. The van der Waals surface area contributed by atoms with Crippen LogP contribution in [0.15, 0.2) is 41.8 Å². The molecule has 1 aliphatic rings. The van der Waals surface area contributed by atoms with Crippen molar-refractivity contribution in [3.63, 3.8) is 0 Å². The SMILES string of the molecule is O=C(O)c1cc(-n2ccnc2)cc(S(=O)(=O)NC2CCCC2)c1. The molecule has 2 aromatic rings. The number of hydrogen-bond acceptors (Lipinski definition) is 4. The van der Waals surface area contributed by atoms with Crippen molar-refractivity contribution in [3.8, 4) is 5.69 Å². The summed E-state index contributed by atoms with van der Waals surface area (Å²) >= 11 is 0. The number of aromatic carboxylic acids is 1. The molecule has 0 amide bonds. The van der Waals surface area contributed by atoms with Gasteiger partial charge in [-0.3, -0.25) is 0 Å². The van der Waals surface area contributed by atoms with E-state index in [0.29, 0.717) is 5.69 Å². The molecule has 23 heavy (non-hydrogen) atoms. The van der Waals surface area contributed by atoms with E-state index < -0.39 is 16.0 Å². The first-order valence-electron chi connectivity index (χ1n) is 7.35. The smallest absolute Gasteiger partial charge is 0.335 e. The minimum absolute atomic E-state index is 0.0481. The van der Waals surface area contributed by atoms with E-state index in [1.54, 1.807) is 17.0 Å². The molecule has 1 saturated carbocycles.